The van der Waals surface area contributed by atoms with Gasteiger partial charge >= 0.3 is 7.75 Å². The van der Waals surface area contributed by atoms with Crippen molar-refractivity contribution in [1.29, 1.82) is 0 Å². The highest BCUT2D eigenvalue weighted by Crippen LogP contribution is 2.50. The molecule has 8 heteroatoms. The number of hydrogen-bond donors (Lipinski definition) is 2. The number of rotatable bonds is 1. The largest absolute Gasteiger partial charge is 0.445 e. The molecule has 0 radical (unpaired) electrons. The van der Waals surface area contributed by atoms with Crippen LogP contribution in [0.5, 0.6) is 0 Å². The summed E-state index contributed by atoms with van der Waals surface area (Å²) in [5, 5.41) is 4.80. The molecule has 1 aromatic carbocycles. The molecule has 2 aliphatic rings. The van der Waals surface area contributed by atoms with Gasteiger partial charge < -0.3 is 14.7 Å². The maximum atomic E-state index is 11.4. The predicted molar refractivity (Wildman–Crippen MR) is 78.1 cm³/mol. The fourth-order valence-electron chi connectivity index (χ4n) is 2.94. The lowest BCUT2D eigenvalue weighted by Crippen LogP contribution is -2.45. The molecule has 0 saturated carbocycles. The SMILES string of the molecule is CN1CC2(C)CN(P(=O)(O)O)N=C2c2ccc(Cl)cc21. The van der Waals surface area contributed by atoms with Crippen molar-refractivity contribution in [2.45, 2.75) is 6.92 Å². The standard InChI is InChI=1S/C12H15ClN3O3P/c1-12-6-15(2)10-5-8(13)3-4-9(10)11(12)14-16(7-12)20(17,18)19/h3-5H,6-7H2,1-2H3,(H2,17,18,19). The Morgan fingerprint density at radius 3 is 2.75 bits per heavy atom. The number of fused-ring (bicyclic) bond motifs is 3. The van der Waals surface area contributed by atoms with Gasteiger partial charge in [0.15, 0.2) is 0 Å². The lowest BCUT2D eigenvalue weighted by Gasteiger charge is -2.38. The highest BCUT2D eigenvalue weighted by Gasteiger charge is 2.48. The zero-order valence-electron chi connectivity index (χ0n) is 11.1. The van der Waals surface area contributed by atoms with Crippen molar-refractivity contribution < 1.29 is 14.4 Å². The van der Waals surface area contributed by atoms with E-state index in [-0.39, 0.29) is 6.54 Å². The fraction of sp³-hybridized carbons (Fsp3) is 0.417. The van der Waals surface area contributed by atoms with Crippen LogP contribution < -0.4 is 4.90 Å². The third-order valence-electron chi connectivity index (χ3n) is 3.79. The molecule has 0 spiro atoms. The highest BCUT2D eigenvalue weighted by atomic mass is 35.5. The molecule has 1 unspecified atom stereocenters. The van der Waals surface area contributed by atoms with Crippen LogP contribution in [0, 0.1) is 5.41 Å². The van der Waals surface area contributed by atoms with Crippen molar-refractivity contribution in [1.82, 2.24) is 4.78 Å². The summed E-state index contributed by atoms with van der Waals surface area (Å²) in [5.41, 5.74) is 2.12. The van der Waals surface area contributed by atoms with Crippen molar-refractivity contribution in [3.63, 3.8) is 0 Å². The Balaban J connectivity index is 2.15. The maximum absolute atomic E-state index is 11.4. The van der Waals surface area contributed by atoms with Crippen LogP contribution in [0.15, 0.2) is 23.3 Å². The normalized spacial score (nSPS) is 25.4. The summed E-state index contributed by atoms with van der Waals surface area (Å²) in [5.74, 6) is 0. The maximum Gasteiger partial charge on any atom is 0.445 e. The second kappa shape index (κ2) is 4.21. The summed E-state index contributed by atoms with van der Waals surface area (Å²) in [4.78, 5) is 20.7. The third kappa shape index (κ3) is 2.04. The zero-order chi connectivity index (χ0) is 14.7. The first-order valence-electron chi connectivity index (χ1n) is 6.14. The van der Waals surface area contributed by atoms with Crippen molar-refractivity contribution in [2.24, 2.45) is 10.5 Å². The number of halogens is 1. The van der Waals surface area contributed by atoms with Gasteiger partial charge in [0, 0.05) is 35.3 Å². The van der Waals surface area contributed by atoms with Crippen molar-refractivity contribution in [2.75, 3.05) is 25.0 Å². The summed E-state index contributed by atoms with van der Waals surface area (Å²) in [6.45, 7) is 2.81. The van der Waals surface area contributed by atoms with Gasteiger partial charge in [0.1, 0.15) is 0 Å². The lowest BCUT2D eigenvalue weighted by molar-refractivity contribution is 0.260. The second-order valence-electron chi connectivity index (χ2n) is 5.57. The minimum Gasteiger partial charge on any atom is -0.373 e. The summed E-state index contributed by atoms with van der Waals surface area (Å²) >= 11 is 6.02. The molecule has 1 atom stereocenters. The van der Waals surface area contributed by atoms with Crippen LogP contribution in [0.4, 0.5) is 5.69 Å². The van der Waals surface area contributed by atoms with Gasteiger partial charge in [-0.05, 0) is 18.2 Å². The number of benzene rings is 1. The summed E-state index contributed by atoms with van der Waals surface area (Å²) in [7, 11) is -2.43. The average Bonchev–Trinajstić information content (AvgIpc) is 2.67. The molecule has 20 heavy (non-hydrogen) atoms. The Labute approximate surface area is 121 Å². The Bertz CT molecular complexity index is 659. The van der Waals surface area contributed by atoms with E-state index in [1.807, 2.05) is 31.0 Å². The minimum atomic E-state index is -4.37. The Hall–Kier alpha value is -1.07. The quantitative estimate of drug-likeness (QED) is 0.774. The molecule has 3 rings (SSSR count). The van der Waals surface area contributed by atoms with Crippen LogP contribution in [0.1, 0.15) is 12.5 Å². The number of hydrogen-bond acceptors (Lipinski definition) is 3. The summed E-state index contributed by atoms with van der Waals surface area (Å²) in [6.07, 6.45) is 0. The first-order chi connectivity index (χ1) is 9.21. The average molecular weight is 316 g/mol. The van der Waals surface area contributed by atoms with Crippen molar-refractivity contribution in [3.05, 3.63) is 28.8 Å². The first-order valence-corrected chi connectivity index (χ1v) is 8.09. The van der Waals surface area contributed by atoms with E-state index >= 15 is 0 Å². The molecule has 0 aliphatic carbocycles. The Kier molecular flexibility index (Phi) is 2.93. The van der Waals surface area contributed by atoms with Crippen molar-refractivity contribution >= 4 is 30.7 Å². The highest BCUT2D eigenvalue weighted by molar-refractivity contribution is 7.49. The van der Waals surface area contributed by atoms with E-state index in [2.05, 4.69) is 5.10 Å². The van der Waals surface area contributed by atoms with Gasteiger partial charge in [0.2, 0.25) is 0 Å². The van der Waals surface area contributed by atoms with Crippen LogP contribution in [-0.2, 0) is 4.57 Å². The van der Waals surface area contributed by atoms with Crippen LogP contribution in [-0.4, -0.2) is 40.4 Å². The lowest BCUT2D eigenvalue weighted by atomic mass is 9.78. The summed E-state index contributed by atoms with van der Waals surface area (Å²) in [6, 6.07) is 5.47. The van der Waals surface area contributed by atoms with Gasteiger partial charge in [0.25, 0.3) is 0 Å². The third-order valence-corrected chi connectivity index (χ3v) is 4.86. The molecular formula is C12H15ClN3O3P. The van der Waals surface area contributed by atoms with Gasteiger partial charge in [-0.25, -0.2) is 4.57 Å². The van der Waals surface area contributed by atoms with E-state index in [0.717, 1.165) is 16.0 Å². The van der Waals surface area contributed by atoms with E-state index in [0.29, 0.717) is 17.3 Å². The van der Waals surface area contributed by atoms with Gasteiger partial charge in [0.05, 0.1) is 12.3 Å². The van der Waals surface area contributed by atoms with E-state index < -0.39 is 13.2 Å². The molecule has 1 aromatic rings. The van der Waals surface area contributed by atoms with Gasteiger partial charge in [-0.1, -0.05) is 18.5 Å². The molecule has 2 aliphatic heterocycles. The first kappa shape index (κ1) is 13.9. The second-order valence-corrected chi connectivity index (χ2v) is 7.50. The predicted octanol–water partition coefficient (Wildman–Crippen LogP) is 1.91. The molecule has 0 saturated heterocycles. The van der Waals surface area contributed by atoms with E-state index in [1.54, 1.807) is 6.07 Å². The van der Waals surface area contributed by atoms with E-state index in [1.165, 1.54) is 0 Å². The molecule has 0 aromatic heterocycles. The summed E-state index contributed by atoms with van der Waals surface area (Å²) < 4.78 is 12.3. The van der Waals surface area contributed by atoms with Gasteiger partial charge in [-0.15, -0.1) is 0 Å². The Morgan fingerprint density at radius 2 is 2.10 bits per heavy atom. The number of anilines is 1. The molecular weight excluding hydrogens is 301 g/mol. The van der Waals surface area contributed by atoms with Gasteiger partial charge in [-0.2, -0.15) is 9.88 Å². The topological polar surface area (TPSA) is 76.4 Å². The molecule has 6 nitrogen and oxygen atoms in total. The molecule has 2 N–H and O–H groups in total. The van der Waals surface area contributed by atoms with Crippen LogP contribution >= 0.6 is 19.3 Å². The molecule has 2 heterocycles. The molecule has 0 fully saturated rings. The zero-order valence-corrected chi connectivity index (χ0v) is 12.8. The molecule has 108 valence electrons. The molecule has 0 amide bonds. The Morgan fingerprint density at radius 1 is 1.40 bits per heavy atom. The van der Waals surface area contributed by atoms with Crippen LogP contribution in [0.2, 0.25) is 5.02 Å². The number of nitrogens with zero attached hydrogens (tertiary/aromatic N) is 3. The van der Waals surface area contributed by atoms with Crippen LogP contribution in [0.25, 0.3) is 0 Å². The van der Waals surface area contributed by atoms with Crippen LogP contribution in [0.3, 0.4) is 0 Å². The van der Waals surface area contributed by atoms with E-state index in [4.69, 9.17) is 11.6 Å². The van der Waals surface area contributed by atoms with Crippen molar-refractivity contribution in [3.8, 4) is 0 Å². The smallest absolute Gasteiger partial charge is 0.373 e. The monoisotopic (exact) mass is 315 g/mol. The van der Waals surface area contributed by atoms with Gasteiger partial charge in [-0.3, -0.25) is 0 Å². The fourth-order valence-corrected chi connectivity index (χ4v) is 3.81. The number of hydrazone groups is 1. The molecule has 0 bridgehead atoms. The van der Waals surface area contributed by atoms with E-state index in [9.17, 15) is 14.4 Å². The minimum absolute atomic E-state index is 0.207.